The maximum absolute atomic E-state index is 10.5. The van der Waals surface area contributed by atoms with E-state index in [0.29, 0.717) is 5.02 Å². The molecule has 4 N–H and O–H groups in total. The van der Waals surface area contributed by atoms with Crippen LogP contribution in [0.5, 0.6) is 0 Å². The first kappa shape index (κ1) is 9.51. The molecule has 1 amide bonds. The summed E-state index contributed by atoms with van der Waals surface area (Å²) in [4.78, 5) is 11.4. The average Bonchev–Trinajstić information content (AvgIpc) is 2.34. The van der Waals surface area contributed by atoms with Crippen molar-refractivity contribution in [3.8, 4) is 0 Å². The van der Waals surface area contributed by atoms with Crippen molar-refractivity contribution in [2.45, 2.75) is 12.5 Å². The standard InChI is InChI=1S/C7H9ClN2OS/c8-4-1-6(12-3-4)5(9)2-7(10)11/h1,3,5H,2,9H2,(H2,10,11)/t5-/m1/s1. The maximum Gasteiger partial charge on any atom is 0.219 e. The molecule has 0 spiro atoms. The van der Waals surface area contributed by atoms with Crippen LogP contribution in [0.3, 0.4) is 0 Å². The maximum atomic E-state index is 10.5. The number of amides is 1. The fourth-order valence-corrected chi connectivity index (χ4v) is 1.93. The lowest BCUT2D eigenvalue weighted by Gasteiger charge is -2.04. The van der Waals surface area contributed by atoms with E-state index < -0.39 is 5.91 Å². The number of rotatable bonds is 3. The molecular formula is C7H9ClN2OS. The Morgan fingerprint density at radius 2 is 2.42 bits per heavy atom. The highest BCUT2D eigenvalue weighted by Gasteiger charge is 2.10. The number of thiophene rings is 1. The average molecular weight is 205 g/mol. The van der Waals surface area contributed by atoms with Crippen LogP contribution in [0.1, 0.15) is 17.3 Å². The van der Waals surface area contributed by atoms with Crippen molar-refractivity contribution in [3.05, 3.63) is 21.3 Å². The third-order valence-electron chi connectivity index (χ3n) is 1.37. The number of primary amides is 1. The third kappa shape index (κ3) is 2.48. The van der Waals surface area contributed by atoms with Crippen LogP contribution in [0.15, 0.2) is 11.4 Å². The Labute approximate surface area is 79.3 Å². The van der Waals surface area contributed by atoms with Gasteiger partial charge in [0.05, 0.1) is 5.02 Å². The second-order valence-corrected chi connectivity index (χ2v) is 3.82. The molecule has 0 unspecified atom stereocenters. The Kier molecular flexibility index (Phi) is 3.08. The van der Waals surface area contributed by atoms with Crippen LogP contribution >= 0.6 is 22.9 Å². The molecule has 1 aromatic rings. The lowest BCUT2D eigenvalue weighted by Crippen LogP contribution is -2.19. The summed E-state index contributed by atoms with van der Waals surface area (Å²) < 4.78 is 0. The SMILES string of the molecule is NC(=O)C[C@@H](N)c1cc(Cl)cs1. The van der Waals surface area contributed by atoms with Gasteiger partial charge in [0.25, 0.3) is 0 Å². The molecule has 0 aliphatic rings. The number of hydrogen-bond acceptors (Lipinski definition) is 3. The molecule has 0 radical (unpaired) electrons. The quantitative estimate of drug-likeness (QED) is 0.779. The lowest BCUT2D eigenvalue weighted by atomic mass is 10.2. The van der Waals surface area contributed by atoms with E-state index in [2.05, 4.69) is 0 Å². The van der Waals surface area contributed by atoms with Gasteiger partial charge in [0.2, 0.25) is 5.91 Å². The highest BCUT2D eigenvalue weighted by atomic mass is 35.5. The summed E-state index contributed by atoms with van der Waals surface area (Å²) in [7, 11) is 0. The fraction of sp³-hybridized carbons (Fsp3) is 0.286. The fourth-order valence-electron chi connectivity index (χ4n) is 0.840. The van der Waals surface area contributed by atoms with Gasteiger partial charge in [0.1, 0.15) is 0 Å². The Hall–Kier alpha value is -0.580. The van der Waals surface area contributed by atoms with Gasteiger partial charge in [-0.3, -0.25) is 4.79 Å². The van der Waals surface area contributed by atoms with E-state index >= 15 is 0 Å². The molecule has 1 rings (SSSR count). The van der Waals surface area contributed by atoms with Crippen molar-refractivity contribution in [3.63, 3.8) is 0 Å². The lowest BCUT2D eigenvalue weighted by molar-refractivity contribution is -0.118. The largest absolute Gasteiger partial charge is 0.370 e. The highest BCUT2D eigenvalue weighted by Crippen LogP contribution is 2.25. The minimum absolute atomic E-state index is 0.164. The molecule has 12 heavy (non-hydrogen) atoms. The van der Waals surface area contributed by atoms with Gasteiger partial charge < -0.3 is 11.5 Å². The Balaban J connectivity index is 2.64. The van der Waals surface area contributed by atoms with Crippen LogP contribution in [0.25, 0.3) is 0 Å². The van der Waals surface area contributed by atoms with Gasteiger partial charge in [-0.15, -0.1) is 11.3 Å². The van der Waals surface area contributed by atoms with Gasteiger partial charge in [-0.05, 0) is 6.07 Å². The summed E-state index contributed by atoms with van der Waals surface area (Å²) in [6.45, 7) is 0. The number of carbonyl (C=O) groups excluding carboxylic acids is 1. The van der Waals surface area contributed by atoms with Gasteiger partial charge in [0.15, 0.2) is 0 Å². The monoisotopic (exact) mass is 204 g/mol. The summed E-state index contributed by atoms with van der Waals surface area (Å²) in [5, 5.41) is 2.42. The number of halogens is 1. The van der Waals surface area contributed by atoms with Crippen molar-refractivity contribution in [1.29, 1.82) is 0 Å². The summed E-state index contributed by atoms with van der Waals surface area (Å²) in [6.07, 6.45) is 0.164. The molecule has 0 bridgehead atoms. The van der Waals surface area contributed by atoms with Crippen molar-refractivity contribution in [2.24, 2.45) is 11.5 Å². The molecule has 0 aliphatic carbocycles. The minimum atomic E-state index is -0.396. The molecule has 1 atom stereocenters. The van der Waals surface area contributed by atoms with Crippen LogP contribution in [0.2, 0.25) is 5.02 Å². The zero-order valence-corrected chi connectivity index (χ0v) is 7.86. The zero-order valence-electron chi connectivity index (χ0n) is 6.29. The summed E-state index contributed by atoms with van der Waals surface area (Å²) >= 11 is 7.11. The molecule has 0 fully saturated rings. The van der Waals surface area contributed by atoms with Gasteiger partial charge >= 0.3 is 0 Å². The van der Waals surface area contributed by atoms with Gasteiger partial charge in [-0.2, -0.15) is 0 Å². The normalized spacial score (nSPS) is 12.8. The minimum Gasteiger partial charge on any atom is -0.370 e. The molecular weight excluding hydrogens is 196 g/mol. The molecule has 0 aliphatic heterocycles. The van der Waals surface area contributed by atoms with Gasteiger partial charge in [-0.25, -0.2) is 0 Å². The number of hydrogen-bond donors (Lipinski definition) is 2. The Morgan fingerprint density at radius 1 is 1.75 bits per heavy atom. The van der Waals surface area contributed by atoms with Crippen LogP contribution in [0, 0.1) is 0 Å². The summed E-state index contributed by atoms with van der Waals surface area (Å²) in [6, 6.07) is 1.43. The van der Waals surface area contributed by atoms with Crippen LogP contribution in [0.4, 0.5) is 0 Å². The predicted octanol–water partition coefficient (Wildman–Crippen LogP) is 1.28. The molecule has 0 aromatic carbocycles. The van der Waals surface area contributed by atoms with E-state index in [1.165, 1.54) is 11.3 Å². The molecule has 1 aromatic heterocycles. The molecule has 1 heterocycles. The first-order valence-corrected chi connectivity index (χ1v) is 4.63. The second kappa shape index (κ2) is 3.89. The predicted molar refractivity (Wildman–Crippen MR) is 50.1 cm³/mol. The third-order valence-corrected chi connectivity index (χ3v) is 2.79. The van der Waals surface area contributed by atoms with Crippen molar-refractivity contribution in [1.82, 2.24) is 0 Å². The number of carbonyl (C=O) groups is 1. The Morgan fingerprint density at radius 3 is 2.83 bits per heavy atom. The smallest absolute Gasteiger partial charge is 0.219 e. The molecule has 3 nitrogen and oxygen atoms in total. The molecule has 0 saturated heterocycles. The van der Waals surface area contributed by atoms with Crippen molar-refractivity contribution >= 4 is 28.8 Å². The van der Waals surface area contributed by atoms with Crippen molar-refractivity contribution in [2.75, 3.05) is 0 Å². The molecule has 66 valence electrons. The van der Waals surface area contributed by atoms with Crippen LogP contribution in [-0.2, 0) is 4.79 Å². The zero-order chi connectivity index (χ0) is 9.14. The molecule has 0 saturated carbocycles. The van der Waals surface area contributed by atoms with Gasteiger partial charge in [0, 0.05) is 22.7 Å². The van der Waals surface area contributed by atoms with E-state index in [1.54, 1.807) is 11.4 Å². The van der Waals surface area contributed by atoms with E-state index in [0.717, 1.165) is 4.88 Å². The van der Waals surface area contributed by atoms with E-state index in [1.807, 2.05) is 0 Å². The highest BCUT2D eigenvalue weighted by molar-refractivity contribution is 7.10. The number of nitrogens with two attached hydrogens (primary N) is 2. The molecule has 5 heteroatoms. The van der Waals surface area contributed by atoms with E-state index in [9.17, 15) is 4.79 Å². The van der Waals surface area contributed by atoms with Crippen LogP contribution in [-0.4, -0.2) is 5.91 Å². The van der Waals surface area contributed by atoms with Crippen molar-refractivity contribution < 1.29 is 4.79 Å². The first-order valence-electron chi connectivity index (χ1n) is 3.37. The summed E-state index contributed by atoms with van der Waals surface area (Å²) in [5.41, 5.74) is 10.7. The van der Waals surface area contributed by atoms with Crippen LogP contribution < -0.4 is 11.5 Å². The first-order chi connectivity index (χ1) is 5.59. The summed E-state index contributed by atoms with van der Waals surface area (Å²) in [5.74, 6) is -0.396. The topological polar surface area (TPSA) is 69.1 Å². The Bertz CT molecular complexity index is 287. The second-order valence-electron chi connectivity index (χ2n) is 2.44. The van der Waals surface area contributed by atoms with Gasteiger partial charge in [-0.1, -0.05) is 11.6 Å². The van der Waals surface area contributed by atoms with E-state index in [4.69, 9.17) is 23.1 Å². The van der Waals surface area contributed by atoms with E-state index in [-0.39, 0.29) is 12.5 Å².